The molecule has 0 saturated heterocycles. The Morgan fingerprint density at radius 2 is 2.25 bits per heavy atom. The lowest BCUT2D eigenvalue weighted by Gasteiger charge is -2.09. The first-order valence-electron chi connectivity index (χ1n) is 6.25. The topological polar surface area (TPSA) is 80.9 Å². The van der Waals surface area contributed by atoms with Crippen molar-refractivity contribution < 1.29 is 9.90 Å². The predicted molar refractivity (Wildman–Crippen MR) is 82.1 cm³/mol. The molecule has 0 aliphatic carbocycles. The molecule has 20 heavy (non-hydrogen) atoms. The summed E-state index contributed by atoms with van der Waals surface area (Å²) in [5.41, 5.74) is 2.13. The molecule has 0 aliphatic rings. The number of tetrazole rings is 1. The molecule has 7 heteroatoms. The molecule has 0 amide bonds. The summed E-state index contributed by atoms with van der Waals surface area (Å²) in [7, 11) is 0. The molecule has 1 aromatic heterocycles. The van der Waals surface area contributed by atoms with Crippen molar-refractivity contribution in [3.8, 4) is 11.4 Å². The zero-order valence-corrected chi connectivity index (χ0v) is 13.4. The molecular weight excluding hydrogens is 371 g/mol. The van der Waals surface area contributed by atoms with Gasteiger partial charge in [-0.15, -0.1) is 5.10 Å². The average Bonchev–Trinajstić information content (AvgIpc) is 2.87. The Morgan fingerprint density at radius 3 is 2.95 bits per heavy atom. The Balaban J connectivity index is 2.25. The summed E-state index contributed by atoms with van der Waals surface area (Å²) in [5.74, 6) is -0.538. The van der Waals surface area contributed by atoms with Gasteiger partial charge in [0.2, 0.25) is 0 Å². The van der Waals surface area contributed by atoms with Crippen LogP contribution < -0.4 is 0 Å². The third-order valence-corrected chi connectivity index (χ3v) is 4.59. The summed E-state index contributed by atoms with van der Waals surface area (Å²) in [6.45, 7) is 4.20. The minimum atomic E-state index is -0.801. The average molecular weight is 386 g/mol. The standard InChI is InChI=1S/C13H15IN4O2/c1-8-4-3-5-10(11(8)14)12-15-16-17-18(12)7-6-9(2)13(19)20/h3-5,9H,6-7H2,1-2H3,(H,19,20). The van der Waals surface area contributed by atoms with Gasteiger partial charge >= 0.3 is 5.97 Å². The minimum absolute atomic E-state index is 0.413. The number of nitrogens with zero attached hydrogens (tertiary/aromatic N) is 4. The molecule has 0 spiro atoms. The second-order valence-electron chi connectivity index (χ2n) is 4.69. The number of aryl methyl sites for hydroxylation is 2. The van der Waals surface area contributed by atoms with Crippen LogP contribution in [-0.4, -0.2) is 31.3 Å². The van der Waals surface area contributed by atoms with E-state index in [9.17, 15) is 4.79 Å². The number of aliphatic carboxylic acids is 1. The maximum absolute atomic E-state index is 10.9. The quantitative estimate of drug-likeness (QED) is 0.799. The van der Waals surface area contributed by atoms with Crippen LogP contribution in [0.3, 0.4) is 0 Å². The fourth-order valence-corrected chi connectivity index (χ4v) is 2.41. The van der Waals surface area contributed by atoms with E-state index in [1.54, 1.807) is 11.6 Å². The lowest BCUT2D eigenvalue weighted by atomic mass is 10.1. The van der Waals surface area contributed by atoms with Gasteiger partial charge in [-0.25, -0.2) is 4.68 Å². The van der Waals surface area contributed by atoms with Crippen molar-refractivity contribution in [3.63, 3.8) is 0 Å². The lowest BCUT2D eigenvalue weighted by Crippen LogP contribution is -2.14. The van der Waals surface area contributed by atoms with Crippen molar-refractivity contribution in [1.29, 1.82) is 0 Å². The van der Waals surface area contributed by atoms with Crippen LogP contribution in [0.15, 0.2) is 18.2 Å². The molecule has 0 aliphatic heterocycles. The first-order valence-corrected chi connectivity index (χ1v) is 7.33. The highest BCUT2D eigenvalue weighted by atomic mass is 127. The van der Waals surface area contributed by atoms with Crippen LogP contribution in [0, 0.1) is 16.4 Å². The van der Waals surface area contributed by atoms with Gasteiger partial charge in [0.1, 0.15) is 0 Å². The normalized spacial score (nSPS) is 12.3. The monoisotopic (exact) mass is 386 g/mol. The number of hydrogen-bond donors (Lipinski definition) is 1. The number of hydrogen-bond acceptors (Lipinski definition) is 4. The third-order valence-electron chi connectivity index (χ3n) is 3.16. The number of halogens is 1. The second kappa shape index (κ2) is 6.29. The van der Waals surface area contributed by atoms with Crippen LogP contribution in [0.4, 0.5) is 0 Å². The molecule has 1 N–H and O–H groups in total. The van der Waals surface area contributed by atoms with Gasteiger partial charge in [0.15, 0.2) is 5.82 Å². The van der Waals surface area contributed by atoms with E-state index in [4.69, 9.17) is 5.11 Å². The highest BCUT2D eigenvalue weighted by Crippen LogP contribution is 2.25. The molecule has 1 aromatic carbocycles. The molecule has 1 atom stereocenters. The molecule has 2 rings (SSSR count). The Bertz CT molecular complexity index is 627. The molecule has 0 bridgehead atoms. The second-order valence-corrected chi connectivity index (χ2v) is 5.77. The van der Waals surface area contributed by atoms with E-state index in [0.29, 0.717) is 18.8 Å². The molecule has 0 fully saturated rings. The maximum atomic E-state index is 10.9. The van der Waals surface area contributed by atoms with Gasteiger partial charge in [0.25, 0.3) is 0 Å². The van der Waals surface area contributed by atoms with Crippen LogP contribution in [-0.2, 0) is 11.3 Å². The van der Waals surface area contributed by atoms with Crippen molar-refractivity contribution in [2.75, 3.05) is 0 Å². The summed E-state index contributed by atoms with van der Waals surface area (Å²) in [6, 6.07) is 5.97. The molecular formula is C13H15IN4O2. The van der Waals surface area contributed by atoms with Gasteiger partial charge in [-0.1, -0.05) is 25.1 Å². The highest BCUT2D eigenvalue weighted by Gasteiger charge is 2.16. The van der Waals surface area contributed by atoms with Crippen LogP contribution in [0.5, 0.6) is 0 Å². The first-order chi connectivity index (χ1) is 9.50. The minimum Gasteiger partial charge on any atom is -0.481 e. The van der Waals surface area contributed by atoms with Crippen molar-refractivity contribution >= 4 is 28.6 Å². The number of carboxylic acid groups (broad SMARTS) is 1. The maximum Gasteiger partial charge on any atom is 0.306 e. The van der Waals surface area contributed by atoms with Crippen LogP contribution in [0.25, 0.3) is 11.4 Å². The van der Waals surface area contributed by atoms with E-state index in [1.807, 2.05) is 25.1 Å². The summed E-state index contributed by atoms with van der Waals surface area (Å²) >= 11 is 2.27. The molecule has 106 valence electrons. The number of rotatable bonds is 5. The van der Waals surface area contributed by atoms with Gasteiger partial charge in [-0.2, -0.15) is 0 Å². The van der Waals surface area contributed by atoms with Gasteiger partial charge in [-0.05, 0) is 51.9 Å². The van der Waals surface area contributed by atoms with Crippen molar-refractivity contribution in [1.82, 2.24) is 20.2 Å². The molecule has 6 nitrogen and oxygen atoms in total. The zero-order valence-electron chi connectivity index (χ0n) is 11.2. The van der Waals surface area contributed by atoms with E-state index in [1.165, 1.54) is 0 Å². The Hall–Kier alpha value is -1.51. The summed E-state index contributed by atoms with van der Waals surface area (Å²) in [6.07, 6.45) is 0.496. The molecule has 2 aromatic rings. The van der Waals surface area contributed by atoms with Gasteiger partial charge < -0.3 is 5.11 Å². The van der Waals surface area contributed by atoms with Crippen molar-refractivity contribution in [3.05, 3.63) is 27.3 Å². The number of carbonyl (C=O) groups is 1. The van der Waals surface area contributed by atoms with Crippen molar-refractivity contribution in [2.24, 2.45) is 5.92 Å². The number of benzene rings is 1. The Labute approximate surface area is 130 Å². The van der Waals surface area contributed by atoms with E-state index in [0.717, 1.165) is 14.7 Å². The predicted octanol–water partition coefficient (Wildman–Crippen LogP) is 2.36. The lowest BCUT2D eigenvalue weighted by molar-refractivity contribution is -0.141. The largest absolute Gasteiger partial charge is 0.481 e. The third kappa shape index (κ3) is 3.14. The molecule has 0 radical (unpaired) electrons. The fraction of sp³-hybridized carbons (Fsp3) is 0.385. The van der Waals surface area contributed by atoms with E-state index in [-0.39, 0.29) is 0 Å². The van der Waals surface area contributed by atoms with Gasteiger partial charge in [0.05, 0.1) is 5.92 Å². The summed E-state index contributed by atoms with van der Waals surface area (Å²) in [5, 5.41) is 20.6. The molecule has 1 heterocycles. The molecule has 0 saturated carbocycles. The van der Waals surface area contributed by atoms with Crippen LogP contribution >= 0.6 is 22.6 Å². The Morgan fingerprint density at radius 1 is 1.50 bits per heavy atom. The summed E-state index contributed by atoms with van der Waals surface area (Å²) in [4.78, 5) is 10.9. The van der Waals surface area contributed by atoms with Crippen molar-refractivity contribution in [2.45, 2.75) is 26.8 Å². The number of carboxylic acids is 1. The van der Waals surface area contributed by atoms with E-state index >= 15 is 0 Å². The zero-order chi connectivity index (χ0) is 14.7. The summed E-state index contributed by atoms with van der Waals surface area (Å²) < 4.78 is 2.77. The fourth-order valence-electron chi connectivity index (χ4n) is 1.81. The van der Waals surface area contributed by atoms with E-state index < -0.39 is 11.9 Å². The molecule has 1 unspecified atom stereocenters. The highest BCUT2D eigenvalue weighted by molar-refractivity contribution is 14.1. The Kier molecular flexibility index (Phi) is 4.69. The SMILES string of the molecule is Cc1cccc(-c2nnnn2CCC(C)C(=O)O)c1I. The smallest absolute Gasteiger partial charge is 0.306 e. The number of aromatic nitrogens is 4. The van der Waals surface area contributed by atoms with Gasteiger partial charge in [-0.3, -0.25) is 4.79 Å². The first kappa shape index (κ1) is 14.9. The van der Waals surface area contributed by atoms with Gasteiger partial charge in [0, 0.05) is 15.7 Å². The van der Waals surface area contributed by atoms with Crippen LogP contribution in [0.2, 0.25) is 0 Å². The van der Waals surface area contributed by atoms with E-state index in [2.05, 4.69) is 38.1 Å². The van der Waals surface area contributed by atoms with Crippen LogP contribution in [0.1, 0.15) is 18.9 Å².